The quantitative estimate of drug-likeness (QED) is 0.850. The first-order valence-electron chi connectivity index (χ1n) is 9.26. The summed E-state index contributed by atoms with van der Waals surface area (Å²) in [5.41, 5.74) is -0.425. The van der Waals surface area contributed by atoms with E-state index in [9.17, 15) is 9.90 Å². The van der Waals surface area contributed by atoms with Crippen LogP contribution in [-0.4, -0.2) is 39.9 Å². The van der Waals surface area contributed by atoms with Crippen LogP contribution in [0.15, 0.2) is 0 Å². The number of hydrogen-bond donors (Lipinski definition) is 1. The second-order valence-electron chi connectivity index (χ2n) is 8.59. The maximum Gasteiger partial charge on any atom is 0.229 e. The molecular weight excluding hydrogens is 278 g/mol. The van der Waals surface area contributed by atoms with Gasteiger partial charge in [-0.15, -0.1) is 0 Å². The molecule has 0 unspecified atom stereocenters. The van der Waals surface area contributed by atoms with Gasteiger partial charge >= 0.3 is 0 Å². The third-order valence-electron chi connectivity index (χ3n) is 7.52. The largest absolute Gasteiger partial charge is 0.390 e. The van der Waals surface area contributed by atoms with Gasteiger partial charge in [0.1, 0.15) is 5.72 Å². The maximum atomic E-state index is 13.3. The topological polar surface area (TPSA) is 49.8 Å². The fourth-order valence-corrected chi connectivity index (χ4v) is 6.84. The molecule has 0 aromatic heterocycles. The van der Waals surface area contributed by atoms with Gasteiger partial charge in [0.05, 0.1) is 18.1 Å². The highest BCUT2D eigenvalue weighted by molar-refractivity contribution is 5.85. The zero-order valence-corrected chi connectivity index (χ0v) is 13.6. The summed E-state index contributed by atoms with van der Waals surface area (Å²) in [4.78, 5) is 15.5. The number of fused-ring (bicyclic) bond motifs is 2. The van der Waals surface area contributed by atoms with E-state index in [1.807, 2.05) is 0 Å². The van der Waals surface area contributed by atoms with Crippen molar-refractivity contribution in [2.45, 2.75) is 76.3 Å². The molecular formula is C18H27NO3. The van der Waals surface area contributed by atoms with Gasteiger partial charge in [0.25, 0.3) is 0 Å². The number of ether oxygens (including phenoxy) is 1. The Bertz CT molecular complexity index is 514. The number of nitrogens with zero attached hydrogens (tertiary/aromatic N) is 1. The van der Waals surface area contributed by atoms with Crippen molar-refractivity contribution in [2.24, 2.45) is 29.6 Å². The van der Waals surface area contributed by atoms with Crippen LogP contribution in [-0.2, 0) is 9.53 Å². The van der Waals surface area contributed by atoms with Gasteiger partial charge < -0.3 is 14.7 Å². The smallest absolute Gasteiger partial charge is 0.229 e. The molecule has 0 aromatic carbocycles. The number of carbonyl (C=O) groups excluding carboxylic acids is 1. The molecule has 0 spiro atoms. The Hall–Kier alpha value is -0.610. The molecule has 1 N–H and O–H groups in total. The normalized spacial score (nSPS) is 53.3. The van der Waals surface area contributed by atoms with Gasteiger partial charge in [0, 0.05) is 17.9 Å². The average Bonchev–Trinajstić information content (AvgIpc) is 3.16. The van der Waals surface area contributed by atoms with Crippen LogP contribution in [0.4, 0.5) is 0 Å². The number of aliphatic hydroxyl groups excluding tert-OH is 1. The molecule has 2 heterocycles. The number of likely N-dealkylation sites (tertiary alicyclic amines) is 1. The third kappa shape index (κ3) is 1.32. The number of amides is 1. The molecule has 7 atom stereocenters. The van der Waals surface area contributed by atoms with Crippen LogP contribution in [0.25, 0.3) is 0 Å². The fourth-order valence-electron chi connectivity index (χ4n) is 6.84. The minimum atomic E-state index is -0.425. The molecule has 1 amide bonds. The Labute approximate surface area is 132 Å². The Morgan fingerprint density at radius 3 is 2.64 bits per heavy atom. The second-order valence-corrected chi connectivity index (χ2v) is 8.59. The van der Waals surface area contributed by atoms with Crippen LogP contribution in [0, 0.1) is 29.6 Å². The molecule has 3 saturated carbocycles. The van der Waals surface area contributed by atoms with E-state index in [1.165, 1.54) is 19.3 Å². The second kappa shape index (κ2) is 4.27. The number of carbonyl (C=O) groups is 1. The number of aliphatic hydroxyl groups is 1. The van der Waals surface area contributed by atoms with Crippen LogP contribution in [0.3, 0.4) is 0 Å². The lowest BCUT2D eigenvalue weighted by Crippen LogP contribution is -2.58. The van der Waals surface area contributed by atoms with E-state index < -0.39 is 11.8 Å². The third-order valence-corrected chi connectivity index (χ3v) is 7.52. The van der Waals surface area contributed by atoms with E-state index in [-0.39, 0.29) is 17.9 Å². The molecule has 2 bridgehead atoms. The highest BCUT2D eigenvalue weighted by atomic mass is 16.6. The first-order chi connectivity index (χ1) is 10.6. The number of rotatable bonds is 2. The molecule has 4 heteroatoms. The van der Waals surface area contributed by atoms with Crippen LogP contribution in [0.2, 0.25) is 0 Å². The van der Waals surface area contributed by atoms with Crippen LogP contribution in [0.5, 0.6) is 0 Å². The Balaban J connectivity index is 1.61. The van der Waals surface area contributed by atoms with Crippen molar-refractivity contribution in [1.29, 1.82) is 0 Å². The molecule has 3 aliphatic carbocycles. The molecule has 22 heavy (non-hydrogen) atoms. The molecule has 5 rings (SSSR count). The highest BCUT2D eigenvalue weighted by Crippen LogP contribution is 2.69. The van der Waals surface area contributed by atoms with Crippen molar-refractivity contribution < 1.29 is 14.6 Å². The van der Waals surface area contributed by atoms with Crippen LogP contribution in [0.1, 0.15) is 52.4 Å². The van der Waals surface area contributed by atoms with E-state index in [2.05, 4.69) is 18.7 Å². The standard InChI is InChI=1S/C18H27NO3/c1-9(2)18-14-12-8-11(15(20)16(12)22-18)13(14)17(21)19(18)10-6-4-3-5-7-10/h9-16,20H,3-8H2,1-2H3/t11-,12-,13-,14+,15+,16-,18-/m0/s1. The molecule has 4 nitrogen and oxygen atoms in total. The van der Waals surface area contributed by atoms with E-state index >= 15 is 0 Å². The van der Waals surface area contributed by atoms with Gasteiger partial charge in [-0.1, -0.05) is 33.1 Å². The maximum absolute atomic E-state index is 13.3. The van der Waals surface area contributed by atoms with Crippen LogP contribution >= 0.6 is 0 Å². The van der Waals surface area contributed by atoms with Gasteiger partial charge in [0.15, 0.2) is 0 Å². The monoisotopic (exact) mass is 305 g/mol. The average molecular weight is 305 g/mol. The zero-order chi connectivity index (χ0) is 15.2. The molecule has 2 aliphatic heterocycles. The number of hydrogen-bond acceptors (Lipinski definition) is 3. The lowest BCUT2D eigenvalue weighted by Gasteiger charge is -2.47. The van der Waals surface area contributed by atoms with E-state index in [4.69, 9.17) is 4.74 Å². The van der Waals surface area contributed by atoms with Crippen molar-refractivity contribution in [3.8, 4) is 0 Å². The summed E-state index contributed by atoms with van der Waals surface area (Å²) in [7, 11) is 0. The van der Waals surface area contributed by atoms with Gasteiger partial charge in [0.2, 0.25) is 5.91 Å². The van der Waals surface area contributed by atoms with Crippen LogP contribution < -0.4 is 0 Å². The van der Waals surface area contributed by atoms with E-state index in [1.54, 1.807) is 0 Å². The van der Waals surface area contributed by atoms with E-state index in [0.717, 1.165) is 19.3 Å². The van der Waals surface area contributed by atoms with E-state index in [0.29, 0.717) is 29.7 Å². The van der Waals surface area contributed by atoms with Gasteiger partial charge in [-0.2, -0.15) is 0 Å². The lowest BCUT2D eigenvalue weighted by molar-refractivity contribution is -0.203. The SMILES string of the molecule is CC(C)[C@]12O[C@@H]3[C@H](O)[C@H]4C[C@H]3[C@@H]1[C@H]4C(=O)N2C1CCCCC1. The Morgan fingerprint density at radius 2 is 1.95 bits per heavy atom. The summed E-state index contributed by atoms with van der Waals surface area (Å²) >= 11 is 0. The van der Waals surface area contributed by atoms with Gasteiger partial charge in [-0.25, -0.2) is 0 Å². The Kier molecular flexibility index (Phi) is 2.68. The first kappa shape index (κ1) is 13.8. The summed E-state index contributed by atoms with van der Waals surface area (Å²) in [6.07, 6.45) is 6.59. The van der Waals surface area contributed by atoms with Crippen molar-refractivity contribution in [2.75, 3.05) is 0 Å². The summed E-state index contributed by atoms with van der Waals surface area (Å²) in [5, 5.41) is 10.5. The van der Waals surface area contributed by atoms with Gasteiger partial charge in [-0.3, -0.25) is 4.79 Å². The molecule has 0 aromatic rings. The van der Waals surface area contributed by atoms with Crippen molar-refractivity contribution >= 4 is 5.91 Å². The predicted molar refractivity (Wildman–Crippen MR) is 80.7 cm³/mol. The summed E-state index contributed by atoms with van der Waals surface area (Å²) in [6, 6.07) is 0.365. The van der Waals surface area contributed by atoms with Gasteiger partial charge in [-0.05, 0) is 31.1 Å². The highest BCUT2D eigenvalue weighted by Gasteiger charge is 2.79. The predicted octanol–water partition coefficient (Wildman–Crippen LogP) is 2.16. The minimum absolute atomic E-state index is 0.0205. The minimum Gasteiger partial charge on any atom is -0.390 e. The fraction of sp³-hybridized carbons (Fsp3) is 0.944. The summed E-state index contributed by atoms with van der Waals surface area (Å²) < 4.78 is 6.58. The van der Waals surface area contributed by atoms with Crippen molar-refractivity contribution in [3.63, 3.8) is 0 Å². The molecule has 5 fully saturated rings. The lowest BCUT2D eigenvalue weighted by atomic mass is 9.74. The summed E-state index contributed by atoms with van der Waals surface area (Å²) in [6.45, 7) is 4.41. The zero-order valence-electron chi connectivity index (χ0n) is 13.6. The Morgan fingerprint density at radius 1 is 1.23 bits per heavy atom. The molecule has 2 saturated heterocycles. The molecule has 122 valence electrons. The van der Waals surface area contributed by atoms with Crippen molar-refractivity contribution in [1.82, 2.24) is 4.90 Å². The first-order valence-corrected chi connectivity index (χ1v) is 9.26. The van der Waals surface area contributed by atoms with Crippen molar-refractivity contribution in [3.05, 3.63) is 0 Å². The molecule has 0 radical (unpaired) electrons. The molecule has 5 aliphatic rings. The summed E-state index contributed by atoms with van der Waals surface area (Å²) in [5.74, 6) is 1.52.